The van der Waals surface area contributed by atoms with Crippen LogP contribution >= 0.6 is 0 Å². The molecule has 5 heteroatoms. The number of nitrogens with zero attached hydrogens (tertiary/aromatic N) is 1. The Morgan fingerprint density at radius 2 is 2.15 bits per heavy atom. The Kier molecular flexibility index (Phi) is 4.20. The number of benzene rings is 1. The van der Waals surface area contributed by atoms with Gasteiger partial charge in [0.1, 0.15) is 0 Å². The van der Waals surface area contributed by atoms with Gasteiger partial charge in [-0.05, 0) is 30.7 Å². The molecule has 0 saturated heterocycles. The molecule has 1 heterocycles. The van der Waals surface area contributed by atoms with Gasteiger partial charge in [0.05, 0.1) is 30.6 Å². The maximum Gasteiger partial charge on any atom is 0.255 e. The number of ether oxygens (including phenoxy) is 1. The van der Waals surface area contributed by atoms with E-state index < -0.39 is 0 Å². The molecule has 1 amide bonds. The molecule has 1 aromatic heterocycles. The molecule has 5 nitrogen and oxygen atoms in total. The van der Waals surface area contributed by atoms with Crippen molar-refractivity contribution in [3.63, 3.8) is 0 Å². The molecule has 0 aliphatic rings. The molecule has 0 saturated carbocycles. The highest BCUT2D eigenvalue weighted by Gasteiger charge is 2.14. The SMILES string of the molecule is COc1c(N)cccc1C(=O)NCc1ncccc1C. The van der Waals surface area contributed by atoms with Gasteiger partial charge in [0, 0.05) is 6.20 Å². The fourth-order valence-corrected chi connectivity index (χ4v) is 1.92. The summed E-state index contributed by atoms with van der Waals surface area (Å²) in [5.41, 5.74) is 8.51. The van der Waals surface area contributed by atoms with Crippen LogP contribution in [0.3, 0.4) is 0 Å². The highest BCUT2D eigenvalue weighted by Crippen LogP contribution is 2.25. The van der Waals surface area contributed by atoms with Crippen molar-refractivity contribution in [1.29, 1.82) is 0 Å². The molecular formula is C15H17N3O2. The van der Waals surface area contributed by atoms with E-state index in [9.17, 15) is 4.79 Å². The van der Waals surface area contributed by atoms with E-state index in [0.717, 1.165) is 11.3 Å². The number of hydrogen-bond donors (Lipinski definition) is 2. The van der Waals surface area contributed by atoms with Gasteiger partial charge < -0.3 is 15.8 Å². The minimum absolute atomic E-state index is 0.237. The zero-order chi connectivity index (χ0) is 14.5. The van der Waals surface area contributed by atoms with E-state index in [1.54, 1.807) is 24.4 Å². The highest BCUT2D eigenvalue weighted by atomic mass is 16.5. The quantitative estimate of drug-likeness (QED) is 0.833. The second-order valence-corrected chi connectivity index (χ2v) is 4.38. The van der Waals surface area contributed by atoms with Gasteiger partial charge in [-0.1, -0.05) is 12.1 Å². The molecule has 20 heavy (non-hydrogen) atoms. The van der Waals surface area contributed by atoms with Crippen LogP contribution in [0.25, 0.3) is 0 Å². The van der Waals surface area contributed by atoms with Crippen molar-refractivity contribution in [3.8, 4) is 5.75 Å². The molecule has 3 N–H and O–H groups in total. The van der Waals surface area contributed by atoms with Crippen LogP contribution in [-0.4, -0.2) is 18.0 Å². The Morgan fingerprint density at radius 3 is 2.85 bits per heavy atom. The molecule has 0 bridgehead atoms. The van der Waals surface area contributed by atoms with Gasteiger partial charge in [0.2, 0.25) is 0 Å². The molecule has 0 spiro atoms. The molecule has 0 aliphatic heterocycles. The lowest BCUT2D eigenvalue weighted by Gasteiger charge is -2.11. The monoisotopic (exact) mass is 271 g/mol. The summed E-state index contributed by atoms with van der Waals surface area (Å²) in [5.74, 6) is 0.155. The third-order valence-electron chi connectivity index (χ3n) is 3.03. The van der Waals surface area contributed by atoms with Crippen molar-refractivity contribution in [2.75, 3.05) is 12.8 Å². The van der Waals surface area contributed by atoms with E-state index in [1.165, 1.54) is 7.11 Å². The number of nitrogens with two attached hydrogens (primary N) is 1. The smallest absolute Gasteiger partial charge is 0.255 e. The molecule has 2 aromatic rings. The van der Waals surface area contributed by atoms with Crippen molar-refractivity contribution >= 4 is 11.6 Å². The maximum atomic E-state index is 12.2. The number of anilines is 1. The number of rotatable bonds is 4. The summed E-state index contributed by atoms with van der Waals surface area (Å²) < 4.78 is 5.17. The lowest BCUT2D eigenvalue weighted by atomic mass is 10.1. The van der Waals surface area contributed by atoms with Crippen molar-refractivity contribution in [1.82, 2.24) is 10.3 Å². The normalized spacial score (nSPS) is 10.1. The number of nitrogens with one attached hydrogen (secondary N) is 1. The first-order valence-corrected chi connectivity index (χ1v) is 6.24. The van der Waals surface area contributed by atoms with Crippen molar-refractivity contribution in [2.24, 2.45) is 0 Å². The van der Waals surface area contributed by atoms with Gasteiger partial charge in [-0.2, -0.15) is 0 Å². The van der Waals surface area contributed by atoms with E-state index in [4.69, 9.17) is 10.5 Å². The lowest BCUT2D eigenvalue weighted by molar-refractivity contribution is 0.0947. The number of amides is 1. The fourth-order valence-electron chi connectivity index (χ4n) is 1.92. The van der Waals surface area contributed by atoms with E-state index in [0.29, 0.717) is 23.5 Å². The zero-order valence-corrected chi connectivity index (χ0v) is 11.5. The average molecular weight is 271 g/mol. The molecule has 0 unspecified atom stereocenters. The predicted molar refractivity (Wildman–Crippen MR) is 77.6 cm³/mol. The van der Waals surface area contributed by atoms with E-state index >= 15 is 0 Å². The van der Waals surface area contributed by atoms with Gasteiger partial charge in [0.25, 0.3) is 5.91 Å². The molecule has 0 aliphatic carbocycles. The first kappa shape index (κ1) is 13.9. The van der Waals surface area contributed by atoms with Gasteiger partial charge in [-0.25, -0.2) is 0 Å². The average Bonchev–Trinajstić information content (AvgIpc) is 2.46. The molecule has 104 valence electrons. The van der Waals surface area contributed by atoms with Crippen LogP contribution in [0.15, 0.2) is 36.5 Å². The van der Waals surface area contributed by atoms with E-state index in [1.807, 2.05) is 19.1 Å². The molecule has 0 radical (unpaired) electrons. The summed E-state index contributed by atoms with van der Waals surface area (Å²) in [4.78, 5) is 16.4. The summed E-state index contributed by atoms with van der Waals surface area (Å²) in [6, 6.07) is 8.91. The number of hydrogen-bond acceptors (Lipinski definition) is 4. The Hall–Kier alpha value is -2.56. The molecule has 0 fully saturated rings. The van der Waals surface area contributed by atoms with E-state index in [2.05, 4.69) is 10.3 Å². The topological polar surface area (TPSA) is 77.2 Å². The van der Waals surface area contributed by atoms with Crippen molar-refractivity contribution in [2.45, 2.75) is 13.5 Å². The number of pyridine rings is 1. The predicted octanol–water partition coefficient (Wildman–Crippen LogP) is 1.91. The third kappa shape index (κ3) is 2.88. The van der Waals surface area contributed by atoms with Crippen LogP contribution in [0.1, 0.15) is 21.6 Å². The van der Waals surface area contributed by atoms with Crippen LogP contribution in [0, 0.1) is 6.92 Å². The molecular weight excluding hydrogens is 254 g/mol. The Balaban J connectivity index is 2.14. The van der Waals surface area contributed by atoms with Gasteiger partial charge in [-0.3, -0.25) is 9.78 Å². The Labute approximate surface area is 117 Å². The Bertz CT molecular complexity index is 626. The highest BCUT2D eigenvalue weighted by molar-refractivity contribution is 5.98. The van der Waals surface area contributed by atoms with Crippen LogP contribution in [0.4, 0.5) is 5.69 Å². The van der Waals surface area contributed by atoms with Crippen LogP contribution < -0.4 is 15.8 Å². The number of aromatic nitrogens is 1. The molecule has 1 aromatic carbocycles. The van der Waals surface area contributed by atoms with E-state index in [-0.39, 0.29) is 5.91 Å². The number of carbonyl (C=O) groups is 1. The van der Waals surface area contributed by atoms with Crippen LogP contribution in [0.5, 0.6) is 5.75 Å². The summed E-state index contributed by atoms with van der Waals surface area (Å²) in [6.45, 7) is 2.32. The largest absolute Gasteiger partial charge is 0.494 e. The number of aryl methyl sites for hydroxylation is 1. The summed E-state index contributed by atoms with van der Waals surface area (Å²) in [7, 11) is 1.49. The number of carbonyl (C=O) groups excluding carboxylic acids is 1. The second kappa shape index (κ2) is 6.06. The van der Waals surface area contributed by atoms with Crippen LogP contribution in [-0.2, 0) is 6.54 Å². The number of para-hydroxylation sites is 1. The minimum atomic E-state index is -0.237. The van der Waals surface area contributed by atoms with Gasteiger partial charge in [0.15, 0.2) is 5.75 Å². The molecule has 2 rings (SSSR count). The minimum Gasteiger partial charge on any atom is -0.494 e. The summed E-state index contributed by atoms with van der Waals surface area (Å²) >= 11 is 0. The number of nitrogen functional groups attached to an aromatic ring is 1. The summed E-state index contributed by atoms with van der Waals surface area (Å²) in [5, 5.41) is 2.82. The standard InChI is InChI=1S/C15H17N3O2/c1-10-5-4-8-17-13(10)9-18-15(19)11-6-3-7-12(16)14(11)20-2/h3-8H,9,16H2,1-2H3,(H,18,19). The molecule has 0 atom stereocenters. The Morgan fingerprint density at radius 1 is 1.35 bits per heavy atom. The first-order valence-electron chi connectivity index (χ1n) is 6.24. The van der Waals surface area contributed by atoms with Crippen molar-refractivity contribution in [3.05, 3.63) is 53.3 Å². The van der Waals surface area contributed by atoms with Gasteiger partial charge in [-0.15, -0.1) is 0 Å². The van der Waals surface area contributed by atoms with Crippen LogP contribution in [0.2, 0.25) is 0 Å². The lowest BCUT2D eigenvalue weighted by Crippen LogP contribution is -2.24. The first-order chi connectivity index (χ1) is 9.63. The second-order valence-electron chi connectivity index (χ2n) is 4.38. The number of methoxy groups -OCH3 is 1. The zero-order valence-electron chi connectivity index (χ0n) is 11.5. The third-order valence-corrected chi connectivity index (χ3v) is 3.03. The maximum absolute atomic E-state index is 12.2. The van der Waals surface area contributed by atoms with Gasteiger partial charge >= 0.3 is 0 Å². The fraction of sp³-hybridized carbons (Fsp3) is 0.200. The van der Waals surface area contributed by atoms with Crippen molar-refractivity contribution < 1.29 is 9.53 Å². The summed E-state index contributed by atoms with van der Waals surface area (Å²) in [6.07, 6.45) is 1.70.